The van der Waals surface area contributed by atoms with Crippen LogP contribution in [-0.4, -0.2) is 25.2 Å². The molecule has 1 atom stereocenters. The van der Waals surface area contributed by atoms with Crippen molar-refractivity contribution < 1.29 is 27.1 Å². The van der Waals surface area contributed by atoms with E-state index in [9.17, 15) is 22.4 Å². The maximum atomic E-state index is 13.0. The number of amides is 1. The Balaban J connectivity index is 3.17. The van der Waals surface area contributed by atoms with Crippen molar-refractivity contribution in [1.82, 2.24) is 5.32 Å². The Bertz CT molecular complexity index is 581. The molecule has 0 saturated heterocycles. The summed E-state index contributed by atoms with van der Waals surface area (Å²) in [5.41, 5.74) is -3.66. The monoisotopic (exact) mass is 304 g/mol. The van der Waals surface area contributed by atoms with Crippen LogP contribution in [0.1, 0.15) is 22.8 Å². The highest BCUT2D eigenvalue weighted by Crippen LogP contribution is 2.32. The van der Waals surface area contributed by atoms with Gasteiger partial charge in [-0.15, -0.1) is 0 Å². The second-order valence-electron chi connectivity index (χ2n) is 4.52. The molecule has 114 valence electrons. The molecule has 4 nitrogen and oxygen atoms in total. The first-order chi connectivity index (χ1) is 9.63. The molecule has 0 fully saturated rings. The SMILES string of the molecule is COC[C@@](C)(C#N)NC(=O)c1ccc(F)cc1C(F)(F)F. The van der Waals surface area contributed by atoms with Crippen molar-refractivity contribution in [2.24, 2.45) is 0 Å². The van der Waals surface area contributed by atoms with Gasteiger partial charge >= 0.3 is 6.18 Å². The highest BCUT2D eigenvalue weighted by atomic mass is 19.4. The summed E-state index contributed by atoms with van der Waals surface area (Å²) in [6.07, 6.45) is -4.89. The quantitative estimate of drug-likeness (QED) is 0.869. The summed E-state index contributed by atoms with van der Waals surface area (Å²) in [6, 6.07) is 3.43. The van der Waals surface area contributed by atoms with E-state index in [0.717, 1.165) is 12.1 Å². The minimum absolute atomic E-state index is 0.211. The Morgan fingerprint density at radius 2 is 2.05 bits per heavy atom. The fourth-order valence-corrected chi connectivity index (χ4v) is 1.65. The molecule has 0 saturated carbocycles. The third-order valence-corrected chi connectivity index (χ3v) is 2.60. The molecule has 0 radical (unpaired) electrons. The minimum atomic E-state index is -4.89. The van der Waals surface area contributed by atoms with Crippen LogP contribution in [0, 0.1) is 17.1 Å². The second-order valence-corrected chi connectivity index (χ2v) is 4.52. The van der Waals surface area contributed by atoms with Gasteiger partial charge in [0.15, 0.2) is 0 Å². The number of ether oxygens (including phenoxy) is 1. The van der Waals surface area contributed by atoms with Crippen LogP contribution < -0.4 is 5.32 Å². The van der Waals surface area contributed by atoms with Crippen LogP contribution in [-0.2, 0) is 10.9 Å². The van der Waals surface area contributed by atoms with E-state index in [1.807, 2.05) is 0 Å². The standard InChI is InChI=1S/C13H12F4N2O2/c1-12(6-18,7-21-2)19-11(20)9-4-3-8(14)5-10(9)13(15,16)17/h3-5H,7H2,1-2H3,(H,19,20)/t12-/m1/s1. The zero-order chi connectivity index (χ0) is 16.3. The maximum absolute atomic E-state index is 13.0. The third-order valence-electron chi connectivity index (χ3n) is 2.60. The number of nitrogens with zero attached hydrogens (tertiary/aromatic N) is 1. The molecule has 1 aromatic carbocycles. The number of rotatable bonds is 4. The molecule has 0 aromatic heterocycles. The molecule has 1 N–H and O–H groups in total. The molecule has 0 bridgehead atoms. The van der Waals surface area contributed by atoms with Crippen molar-refractivity contribution in [1.29, 1.82) is 5.26 Å². The highest BCUT2D eigenvalue weighted by Gasteiger charge is 2.37. The number of nitriles is 1. The zero-order valence-electron chi connectivity index (χ0n) is 11.2. The molecule has 1 amide bonds. The number of carbonyl (C=O) groups excluding carboxylic acids is 1. The number of halogens is 4. The summed E-state index contributed by atoms with van der Waals surface area (Å²) in [6.45, 7) is 1.09. The van der Waals surface area contributed by atoms with E-state index >= 15 is 0 Å². The topological polar surface area (TPSA) is 62.1 Å². The third kappa shape index (κ3) is 4.16. The summed E-state index contributed by atoms with van der Waals surface area (Å²) in [4.78, 5) is 11.9. The Kier molecular flexibility index (Phi) is 4.91. The smallest absolute Gasteiger partial charge is 0.381 e. The largest absolute Gasteiger partial charge is 0.417 e. The predicted octanol–water partition coefficient (Wildman–Crippen LogP) is 2.50. The zero-order valence-corrected chi connectivity index (χ0v) is 11.2. The lowest BCUT2D eigenvalue weighted by Gasteiger charge is -2.23. The lowest BCUT2D eigenvalue weighted by atomic mass is 10.0. The summed E-state index contributed by atoms with van der Waals surface area (Å²) in [5.74, 6) is -2.25. The van der Waals surface area contributed by atoms with Crippen LogP contribution in [0.15, 0.2) is 18.2 Å². The molecule has 0 unspecified atom stereocenters. The normalized spacial score (nSPS) is 14.1. The molecule has 0 aliphatic heterocycles. The Morgan fingerprint density at radius 1 is 1.43 bits per heavy atom. The first-order valence-corrected chi connectivity index (χ1v) is 5.72. The number of nitrogens with one attached hydrogen (secondary N) is 1. The molecule has 0 heterocycles. The van der Waals surface area contributed by atoms with Gasteiger partial charge in [-0.1, -0.05) is 0 Å². The lowest BCUT2D eigenvalue weighted by molar-refractivity contribution is -0.138. The Morgan fingerprint density at radius 3 is 2.52 bits per heavy atom. The summed E-state index contributed by atoms with van der Waals surface area (Å²) in [7, 11) is 1.28. The number of hydrogen-bond acceptors (Lipinski definition) is 3. The number of alkyl halides is 3. The fourth-order valence-electron chi connectivity index (χ4n) is 1.65. The van der Waals surface area contributed by atoms with Crippen molar-refractivity contribution in [3.8, 4) is 6.07 Å². The van der Waals surface area contributed by atoms with Gasteiger partial charge in [-0.2, -0.15) is 18.4 Å². The molecule has 1 rings (SSSR count). The molecule has 8 heteroatoms. The van der Waals surface area contributed by atoms with E-state index in [0.29, 0.717) is 0 Å². The van der Waals surface area contributed by atoms with E-state index in [2.05, 4.69) is 5.32 Å². The van der Waals surface area contributed by atoms with Gasteiger partial charge in [0.1, 0.15) is 11.4 Å². The van der Waals surface area contributed by atoms with Gasteiger partial charge in [0, 0.05) is 7.11 Å². The molecule has 0 aliphatic rings. The molecular weight excluding hydrogens is 292 g/mol. The van der Waals surface area contributed by atoms with E-state index in [1.54, 1.807) is 6.07 Å². The van der Waals surface area contributed by atoms with Crippen LogP contribution >= 0.6 is 0 Å². The molecule has 0 spiro atoms. The average molecular weight is 304 g/mol. The van der Waals surface area contributed by atoms with Crippen molar-refractivity contribution in [2.75, 3.05) is 13.7 Å². The lowest BCUT2D eigenvalue weighted by Crippen LogP contribution is -2.48. The van der Waals surface area contributed by atoms with Crippen molar-refractivity contribution in [2.45, 2.75) is 18.6 Å². The van der Waals surface area contributed by atoms with Crippen molar-refractivity contribution in [3.05, 3.63) is 35.1 Å². The van der Waals surface area contributed by atoms with Gasteiger partial charge in [-0.05, 0) is 25.1 Å². The van der Waals surface area contributed by atoms with Crippen LogP contribution in [0.2, 0.25) is 0 Å². The van der Waals surface area contributed by atoms with E-state index in [4.69, 9.17) is 10.00 Å². The van der Waals surface area contributed by atoms with E-state index in [1.165, 1.54) is 14.0 Å². The molecular formula is C13H12F4N2O2. The minimum Gasteiger partial charge on any atom is -0.381 e. The highest BCUT2D eigenvalue weighted by molar-refractivity contribution is 5.96. The van der Waals surface area contributed by atoms with Crippen molar-refractivity contribution >= 4 is 5.91 Å². The Labute approximate surface area is 118 Å². The van der Waals surface area contributed by atoms with Gasteiger partial charge in [-0.3, -0.25) is 4.79 Å². The first kappa shape index (κ1) is 16.9. The van der Waals surface area contributed by atoms with Crippen LogP contribution in [0.3, 0.4) is 0 Å². The van der Waals surface area contributed by atoms with Crippen LogP contribution in [0.5, 0.6) is 0 Å². The number of methoxy groups -OCH3 is 1. The number of benzene rings is 1. The van der Waals surface area contributed by atoms with Crippen molar-refractivity contribution in [3.63, 3.8) is 0 Å². The Hall–Kier alpha value is -2.14. The number of carbonyl (C=O) groups is 1. The number of hydrogen-bond donors (Lipinski definition) is 1. The summed E-state index contributed by atoms with van der Waals surface area (Å²) in [5, 5.41) is 11.1. The molecule has 0 aliphatic carbocycles. The van der Waals surface area contributed by atoms with E-state index in [-0.39, 0.29) is 12.7 Å². The fraction of sp³-hybridized carbons (Fsp3) is 0.385. The second kappa shape index (κ2) is 6.10. The average Bonchev–Trinajstić information content (AvgIpc) is 2.37. The molecule has 21 heavy (non-hydrogen) atoms. The van der Waals surface area contributed by atoms with Gasteiger partial charge in [-0.25, -0.2) is 4.39 Å². The van der Waals surface area contributed by atoms with Crippen LogP contribution in [0.4, 0.5) is 17.6 Å². The van der Waals surface area contributed by atoms with Crippen LogP contribution in [0.25, 0.3) is 0 Å². The summed E-state index contributed by atoms with van der Waals surface area (Å²) >= 11 is 0. The van der Waals surface area contributed by atoms with E-state index < -0.39 is 34.6 Å². The predicted molar refractivity (Wildman–Crippen MR) is 64.8 cm³/mol. The maximum Gasteiger partial charge on any atom is 0.417 e. The summed E-state index contributed by atoms with van der Waals surface area (Å²) < 4.78 is 56.1. The molecule has 1 aromatic rings. The van der Waals surface area contributed by atoms with Gasteiger partial charge < -0.3 is 10.1 Å². The van der Waals surface area contributed by atoms with Gasteiger partial charge in [0.25, 0.3) is 5.91 Å². The van der Waals surface area contributed by atoms with Gasteiger partial charge in [0.2, 0.25) is 0 Å². The van der Waals surface area contributed by atoms with Gasteiger partial charge in [0.05, 0.1) is 23.8 Å². The first-order valence-electron chi connectivity index (χ1n) is 5.72.